The van der Waals surface area contributed by atoms with Crippen LogP contribution in [-0.4, -0.2) is 57.2 Å². The van der Waals surface area contributed by atoms with Gasteiger partial charge in [0, 0.05) is 26.6 Å². The highest BCUT2D eigenvalue weighted by molar-refractivity contribution is 5.97. The molecule has 1 saturated heterocycles. The number of pyridine rings is 1. The van der Waals surface area contributed by atoms with Gasteiger partial charge in [-0.3, -0.25) is 4.90 Å². The number of ether oxygens (including phenoxy) is 1. The Morgan fingerprint density at radius 1 is 0.976 bits per heavy atom. The predicted molar refractivity (Wildman–Crippen MR) is 162 cm³/mol. The van der Waals surface area contributed by atoms with Crippen molar-refractivity contribution in [2.75, 3.05) is 25.0 Å². The molecule has 8 heteroatoms. The van der Waals surface area contributed by atoms with E-state index in [1.807, 2.05) is 76.3 Å². The summed E-state index contributed by atoms with van der Waals surface area (Å²) in [5.41, 5.74) is 4.49. The molecule has 1 aliphatic rings. The molecule has 0 unspecified atom stereocenters. The lowest BCUT2D eigenvalue weighted by molar-refractivity contribution is 0.00704. The van der Waals surface area contributed by atoms with Gasteiger partial charge in [-0.05, 0) is 68.5 Å². The summed E-state index contributed by atoms with van der Waals surface area (Å²) in [5, 5.41) is 0. The molecule has 0 bridgehead atoms. The molecule has 1 aliphatic heterocycles. The number of imidazole rings is 1. The van der Waals surface area contributed by atoms with Crippen molar-refractivity contribution in [1.29, 1.82) is 0 Å². The number of hydrogen-bond donors (Lipinski definition) is 0. The number of carbonyl (C=O) groups excluding carboxylic acids is 2. The molecule has 41 heavy (non-hydrogen) atoms. The van der Waals surface area contributed by atoms with Crippen LogP contribution in [0.2, 0.25) is 0 Å². The summed E-state index contributed by atoms with van der Waals surface area (Å²) in [4.78, 5) is 39.1. The van der Waals surface area contributed by atoms with Gasteiger partial charge in [0.2, 0.25) is 0 Å². The lowest BCUT2D eigenvalue weighted by Crippen LogP contribution is -2.47. The van der Waals surface area contributed by atoms with Crippen LogP contribution in [0.4, 0.5) is 10.6 Å². The summed E-state index contributed by atoms with van der Waals surface area (Å²) in [6.07, 6.45) is 3.87. The summed E-state index contributed by atoms with van der Waals surface area (Å²) in [5.74, 6) is 1.32. The van der Waals surface area contributed by atoms with E-state index in [4.69, 9.17) is 14.7 Å². The number of carbonyl (C=O) groups is 2. The third-order valence-electron chi connectivity index (χ3n) is 7.27. The van der Waals surface area contributed by atoms with Gasteiger partial charge in [0.05, 0.1) is 12.1 Å². The Balaban J connectivity index is 1.46. The fraction of sp³-hybridized carbons (Fsp3) is 0.394. The summed E-state index contributed by atoms with van der Waals surface area (Å²) >= 11 is 0. The zero-order valence-corrected chi connectivity index (χ0v) is 24.7. The Kier molecular flexibility index (Phi) is 8.10. The maximum atomic E-state index is 12.9. The van der Waals surface area contributed by atoms with Crippen molar-refractivity contribution in [3.63, 3.8) is 0 Å². The quantitative estimate of drug-likeness (QED) is 0.227. The number of nitrogens with zero attached hydrogens (tertiary/aromatic N) is 5. The van der Waals surface area contributed by atoms with Gasteiger partial charge in [-0.1, -0.05) is 55.8 Å². The van der Waals surface area contributed by atoms with E-state index >= 15 is 0 Å². The zero-order valence-electron chi connectivity index (χ0n) is 24.7. The van der Waals surface area contributed by atoms with E-state index in [0.29, 0.717) is 24.5 Å². The molecular weight excluding hydrogens is 514 g/mol. The van der Waals surface area contributed by atoms with Crippen molar-refractivity contribution in [3.8, 4) is 11.1 Å². The van der Waals surface area contributed by atoms with Gasteiger partial charge in [0.25, 0.3) is 0 Å². The third kappa shape index (κ3) is 6.26. The predicted octanol–water partition coefficient (Wildman–Crippen LogP) is 6.71. The first-order valence-corrected chi connectivity index (χ1v) is 14.4. The second-order valence-corrected chi connectivity index (χ2v) is 11.7. The largest absolute Gasteiger partial charge is 0.456 e. The number of rotatable bonds is 8. The monoisotopic (exact) mass is 553 g/mol. The second kappa shape index (κ2) is 11.7. The van der Waals surface area contributed by atoms with Crippen LogP contribution in [0.5, 0.6) is 0 Å². The van der Waals surface area contributed by atoms with Crippen LogP contribution < -0.4 is 4.90 Å². The Morgan fingerprint density at radius 2 is 1.73 bits per heavy atom. The van der Waals surface area contributed by atoms with Gasteiger partial charge in [0.15, 0.2) is 5.65 Å². The number of anilines is 1. The van der Waals surface area contributed by atoms with E-state index in [1.54, 1.807) is 9.80 Å². The molecule has 8 nitrogen and oxygen atoms in total. The SMILES string of the molecule is CCCCc1nc2ccc(N3CCCN(C)C3=O)nc2n1Cc1ccc(-c2ccccc2C(=O)OC(C)(C)C)cc1. The van der Waals surface area contributed by atoms with Crippen LogP contribution in [-0.2, 0) is 17.7 Å². The van der Waals surface area contributed by atoms with Gasteiger partial charge in [0.1, 0.15) is 22.8 Å². The number of urea groups is 1. The van der Waals surface area contributed by atoms with Crippen molar-refractivity contribution in [2.24, 2.45) is 0 Å². The standard InChI is InChI=1S/C33H39N5O3/c1-6-7-13-28-34-27-18-19-29(37-21-10-20-36(5)32(37)40)35-30(27)38(28)22-23-14-16-24(17-15-23)25-11-8-9-12-26(25)31(39)41-33(2,3)4/h8-9,11-12,14-19H,6-7,10,13,20-22H2,1-5H3. The first kappa shape index (κ1) is 28.3. The Labute approximate surface area is 242 Å². The summed E-state index contributed by atoms with van der Waals surface area (Å²) in [7, 11) is 1.83. The Morgan fingerprint density at radius 3 is 2.46 bits per heavy atom. The van der Waals surface area contributed by atoms with Crippen molar-refractivity contribution >= 4 is 29.0 Å². The molecule has 0 N–H and O–H groups in total. The molecule has 0 saturated carbocycles. The third-order valence-corrected chi connectivity index (χ3v) is 7.27. The molecule has 0 aliphatic carbocycles. The highest BCUT2D eigenvalue weighted by Gasteiger charge is 2.26. The van der Waals surface area contributed by atoms with Crippen LogP contribution in [0.25, 0.3) is 22.3 Å². The molecule has 2 amide bonds. The molecule has 4 aromatic rings. The van der Waals surface area contributed by atoms with Crippen LogP contribution in [0, 0.1) is 0 Å². The van der Waals surface area contributed by atoms with Gasteiger partial charge < -0.3 is 14.2 Å². The second-order valence-electron chi connectivity index (χ2n) is 11.7. The molecular formula is C33H39N5O3. The van der Waals surface area contributed by atoms with Gasteiger partial charge in [-0.25, -0.2) is 19.6 Å². The first-order chi connectivity index (χ1) is 19.6. The molecule has 5 rings (SSSR count). The van der Waals surface area contributed by atoms with Crippen LogP contribution in [0.1, 0.15) is 68.7 Å². The van der Waals surface area contributed by atoms with Gasteiger partial charge in [-0.2, -0.15) is 0 Å². The number of hydrogen-bond acceptors (Lipinski definition) is 5. The fourth-order valence-corrected chi connectivity index (χ4v) is 5.17. The molecule has 0 atom stereocenters. The number of aryl methyl sites for hydroxylation is 1. The van der Waals surface area contributed by atoms with E-state index < -0.39 is 5.60 Å². The average Bonchev–Trinajstić information content (AvgIpc) is 3.29. The van der Waals surface area contributed by atoms with Crippen molar-refractivity contribution in [2.45, 2.75) is 65.5 Å². The minimum atomic E-state index is -0.567. The van der Waals surface area contributed by atoms with E-state index in [-0.39, 0.29) is 12.0 Å². The Hall–Kier alpha value is -4.20. The topological polar surface area (TPSA) is 80.6 Å². The van der Waals surface area contributed by atoms with E-state index in [9.17, 15) is 9.59 Å². The summed E-state index contributed by atoms with van der Waals surface area (Å²) in [6, 6.07) is 19.7. The zero-order chi connectivity index (χ0) is 29.1. The maximum absolute atomic E-state index is 12.9. The first-order valence-electron chi connectivity index (χ1n) is 14.4. The highest BCUT2D eigenvalue weighted by Crippen LogP contribution is 2.28. The maximum Gasteiger partial charge on any atom is 0.339 e. The van der Waals surface area contributed by atoms with Crippen molar-refractivity contribution < 1.29 is 14.3 Å². The van der Waals surface area contributed by atoms with Gasteiger partial charge >= 0.3 is 12.0 Å². The minimum absolute atomic E-state index is 0.0253. The number of aromatic nitrogens is 3. The van der Waals surface area contributed by atoms with Crippen molar-refractivity contribution in [1.82, 2.24) is 19.4 Å². The van der Waals surface area contributed by atoms with Crippen LogP contribution in [0.15, 0.2) is 60.7 Å². The molecule has 2 aromatic carbocycles. The van der Waals surface area contributed by atoms with Crippen LogP contribution in [0.3, 0.4) is 0 Å². The molecule has 2 aromatic heterocycles. The van der Waals surface area contributed by atoms with E-state index in [2.05, 4.69) is 23.6 Å². The number of benzene rings is 2. The van der Waals surface area contributed by atoms with E-state index in [1.165, 1.54) is 0 Å². The van der Waals surface area contributed by atoms with Crippen LogP contribution >= 0.6 is 0 Å². The normalized spacial score (nSPS) is 14.1. The minimum Gasteiger partial charge on any atom is -0.456 e. The fourth-order valence-electron chi connectivity index (χ4n) is 5.17. The Bertz CT molecular complexity index is 1550. The summed E-state index contributed by atoms with van der Waals surface area (Å²) < 4.78 is 7.83. The molecule has 0 spiro atoms. The molecule has 0 radical (unpaired) electrons. The number of unbranched alkanes of at least 4 members (excludes halogenated alkanes) is 1. The lowest BCUT2D eigenvalue weighted by Gasteiger charge is -2.32. The summed E-state index contributed by atoms with van der Waals surface area (Å²) in [6.45, 7) is 9.82. The van der Waals surface area contributed by atoms with Crippen molar-refractivity contribution in [3.05, 3.63) is 77.6 Å². The van der Waals surface area contributed by atoms with E-state index in [0.717, 1.165) is 65.9 Å². The average molecular weight is 554 g/mol. The number of fused-ring (bicyclic) bond motifs is 1. The molecule has 1 fully saturated rings. The lowest BCUT2D eigenvalue weighted by atomic mass is 9.98. The number of esters is 1. The molecule has 3 heterocycles. The van der Waals surface area contributed by atoms with Gasteiger partial charge in [-0.15, -0.1) is 0 Å². The molecule has 214 valence electrons. The smallest absolute Gasteiger partial charge is 0.339 e. The highest BCUT2D eigenvalue weighted by atomic mass is 16.6. The number of amides is 2.